The number of ketones is 1. The molecule has 1 aromatic carbocycles. The van der Waals surface area contributed by atoms with Gasteiger partial charge in [0.25, 0.3) is 11.8 Å². The number of fused-ring (bicyclic) bond motifs is 1. The third kappa shape index (κ3) is 10.2. The zero-order valence-electron chi connectivity index (χ0n) is 33.4. The summed E-state index contributed by atoms with van der Waals surface area (Å²) in [5, 5.41) is 12.3. The summed E-state index contributed by atoms with van der Waals surface area (Å²) in [6.45, 7) is 15.7. The Morgan fingerprint density at radius 2 is 1.69 bits per heavy atom. The summed E-state index contributed by atoms with van der Waals surface area (Å²) in [5.41, 5.74) is -0.247. The molecule has 298 valence electrons. The minimum Gasteiger partial charge on any atom is -0.346 e. The number of nitrogens with zero attached hydrogens (tertiary/aromatic N) is 2. The average molecular weight is 757 g/mol. The molecule has 55 heavy (non-hydrogen) atoms. The summed E-state index contributed by atoms with van der Waals surface area (Å²) in [6, 6.07) is 5.37. The van der Waals surface area contributed by atoms with Crippen LogP contribution in [0.5, 0.6) is 0 Å². The van der Waals surface area contributed by atoms with Crippen LogP contribution in [0.3, 0.4) is 0 Å². The Balaban J connectivity index is 1.39. The lowest BCUT2D eigenvalue weighted by molar-refractivity contribution is -0.145. The number of para-hydroxylation sites is 1. The molecule has 12 heteroatoms. The van der Waals surface area contributed by atoms with Gasteiger partial charge in [-0.1, -0.05) is 97.9 Å². The van der Waals surface area contributed by atoms with Crippen molar-refractivity contribution in [2.24, 2.45) is 28.6 Å². The van der Waals surface area contributed by atoms with Crippen LogP contribution in [0.1, 0.15) is 110 Å². The average Bonchev–Trinajstić information content (AvgIpc) is 3.86. The second-order valence-electron chi connectivity index (χ2n) is 17.7. The normalized spacial score (nSPS) is 21.3. The molecule has 4 N–H and O–H groups in total. The zero-order chi connectivity index (χ0) is 40.1. The number of pyridine rings is 1. The molecule has 0 bridgehead atoms. The van der Waals surface area contributed by atoms with E-state index in [1.165, 1.54) is 12.3 Å². The minimum absolute atomic E-state index is 0.00626. The van der Waals surface area contributed by atoms with Crippen molar-refractivity contribution in [3.8, 4) is 0 Å². The topological polar surface area (TPSA) is 167 Å². The molecule has 1 aromatic heterocycles. The van der Waals surface area contributed by atoms with Gasteiger partial charge in [-0.15, -0.1) is 6.58 Å². The molecule has 3 fully saturated rings. The molecule has 5 amide bonds. The van der Waals surface area contributed by atoms with Gasteiger partial charge in [0.1, 0.15) is 18.1 Å². The molecule has 5 rings (SSSR count). The summed E-state index contributed by atoms with van der Waals surface area (Å²) >= 11 is 0. The summed E-state index contributed by atoms with van der Waals surface area (Å²) < 4.78 is 0. The van der Waals surface area contributed by atoms with Crippen molar-refractivity contribution >= 4 is 46.2 Å². The first kappa shape index (κ1) is 41.6. The largest absolute Gasteiger partial charge is 0.346 e. The molecule has 2 aromatic rings. The first-order valence-electron chi connectivity index (χ1n) is 20.0. The first-order chi connectivity index (χ1) is 26.0. The SMILES string of the molecule is C=CCNC(=O)C(=O)C(CC1CC1)NC(=O)[C@@H]1C[C@@H](C(C)C)CN1C(=O)[C@@H](NC(=O)[C@@H](NC(=O)c1cnc2ccccc2c1)C1(C)CCCCC1)C(C)(C)C. The maximum Gasteiger partial charge on any atom is 0.289 e. The Bertz CT molecular complexity index is 1770. The maximum absolute atomic E-state index is 14.8. The number of Topliss-reactive ketones (excluding diaryl/α,β-unsaturated/α-hetero) is 1. The van der Waals surface area contributed by atoms with E-state index < -0.39 is 70.3 Å². The van der Waals surface area contributed by atoms with E-state index in [2.05, 4.69) is 32.8 Å². The second-order valence-corrected chi connectivity index (χ2v) is 17.7. The standard InChI is InChI=1S/C43H60N6O6/c1-8-20-44-39(53)34(50)32(21-27-16-17-27)46-38(52)33-23-30(26(2)3)25-49(33)41(55)36(42(4,5)6)48-40(54)35(43(7)18-12-9-13-19-43)47-37(51)29-22-28-14-10-11-15-31(28)45-24-29/h8,10-11,14-15,22,24,26-27,30,32-33,35-36H,1,9,12-13,16-21,23,25H2,2-7H3,(H,44,53)(H,46,52)(H,47,51)(H,48,54)/t30-,32?,33+,35-,36-/m1/s1. The van der Waals surface area contributed by atoms with Crippen LogP contribution < -0.4 is 21.3 Å². The van der Waals surface area contributed by atoms with E-state index in [-0.39, 0.29) is 24.3 Å². The van der Waals surface area contributed by atoms with E-state index in [4.69, 9.17) is 0 Å². The summed E-state index contributed by atoms with van der Waals surface area (Å²) in [4.78, 5) is 89.2. The molecule has 3 aliphatic rings. The summed E-state index contributed by atoms with van der Waals surface area (Å²) in [7, 11) is 0. The van der Waals surface area contributed by atoms with Gasteiger partial charge in [-0.3, -0.25) is 33.8 Å². The van der Waals surface area contributed by atoms with Crippen LogP contribution in [0.4, 0.5) is 0 Å². The molecule has 12 nitrogen and oxygen atoms in total. The third-order valence-corrected chi connectivity index (χ3v) is 11.9. The van der Waals surface area contributed by atoms with Gasteiger partial charge in [0.05, 0.1) is 17.1 Å². The van der Waals surface area contributed by atoms with Crippen LogP contribution >= 0.6 is 0 Å². The highest BCUT2D eigenvalue weighted by molar-refractivity contribution is 6.38. The lowest BCUT2D eigenvalue weighted by atomic mass is 9.70. The first-order valence-corrected chi connectivity index (χ1v) is 20.0. The molecule has 0 radical (unpaired) electrons. The fourth-order valence-corrected chi connectivity index (χ4v) is 8.09. The number of carbonyl (C=O) groups is 6. The fraction of sp³-hybridized carbons (Fsp3) is 0.605. The Morgan fingerprint density at radius 1 is 1.00 bits per heavy atom. The highest BCUT2D eigenvalue weighted by Crippen LogP contribution is 2.40. The summed E-state index contributed by atoms with van der Waals surface area (Å²) in [5.74, 6) is -2.90. The summed E-state index contributed by atoms with van der Waals surface area (Å²) in [6.07, 6.45) is 9.88. The van der Waals surface area contributed by atoms with Crippen LogP contribution in [-0.4, -0.2) is 82.5 Å². The predicted octanol–water partition coefficient (Wildman–Crippen LogP) is 4.86. The van der Waals surface area contributed by atoms with E-state index in [0.717, 1.165) is 55.8 Å². The maximum atomic E-state index is 14.8. The van der Waals surface area contributed by atoms with E-state index in [1.807, 2.05) is 65.8 Å². The van der Waals surface area contributed by atoms with Crippen molar-refractivity contribution in [3.05, 3.63) is 54.7 Å². The smallest absolute Gasteiger partial charge is 0.289 e. The number of nitrogens with one attached hydrogen (secondary N) is 4. The van der Waals surface area contributed by atoms with Crippen LogP contribution in [0.2, 0.25) is 0 Å². The van der Waals surface area contributed by atoms with Gasteiger partial charge < -0.3 is 26.2 Å². The molecule has 0 spiro atoms. The van der Waals surface area contributed by atoms with E-state index in [1.54, 1.807) is 11.0 Å². The van der Waals surface area contributed by atoms with Crippen molar-refractivity contribution in [3.63, 3.8) is 0 Å². The van der Waals surface area contributed by atoms with Crippen LogP contribution in [0.15, 0.2) is 49.2 Å². The quantitative estimate of drug-likeness (QED) is 0.149. The minimum atomic E-state index is -1.04. The molecule has 2 aliphatic carbocycles. The van der Waals surface area contributed by atoms with Gasteiger partial charge in [-0.05, 0) is 66.4 Å². The van der Waals surface area contributed by atoms with Crippen molar-refractivity contribution in [1.29, 1.82) is 0 Å². The number of hydrogen-bond acceptors (Lipinski definition) is 7. The van der Waals surface area contributed by atoms with Gasteiger partial charge in [0.15, 0.2) is 0 Å². The van der Waals surface area contributed by atoms with Crippen molar-refractivity contribution in [2.45, 2.75) is 123 Å². The van der Waals surface area contributed by atoms with Gasteiger partial charge in [0, 0.05) is 24.7 Å². The molecular formula is C43H60N6O6. The van der Waals surface area contributed by atoms with Crippen LogP contribution in [-0.2, 0) is 24.0 Å². The van der Waals surface area contributed by atoms with Gasteiger partial charge in [-0.2, -0.15) is 0 Å². The fourth-order valence-electron chi connectivity index (χ4n) is 8.09. The molecule has 1 saturated heterocycles. The van der Waals surface area contributed by atoms with Crippen molar-refractivity contribution in [1.82, 2.24) is 31.2 Å². The lowest BCUT2D eigenvalue weighted by Crippen LogP contribution is -2.63. The number of aromatic nitrogens is 1. The van der Waals surface area contributed by atoms with E-state index in [9.17, 15) is 28.8 Å². The van der Waals surface area contributed by atoms with Gasteiger partial charge >= 0.3 is 0 Å². The number of rotatable bonds is 15. The number of hydrogen-bond donors (Lipinski definition) is 4. The Kier molecular flexibility index (Phi) is 13.2. The Labute approximate surface area is 325 Å². The monoisotopic (exact) mass is 756 g/mol. The highest BCUT2D eigenvalue weighted by Gasteiger charge is 2.48. The predicted molar refractivity (Wildman–Crippen MR) is 212 cm³/mol. The van der Waals surface area contributed by atoms with Crippen molar-refractivity contribution < 1.29 is 28.8 Å². The number of amides is 5. The second kappa shape index (κ2) is 17.5. The number of likely N-dealkylation sites (tertiary alicyclic amines) is 1. The molecule has 2 heterocycles. The van der Waals surface area contributed by atoms with Crippen molar-refractivity contribution in [2.75, 3.05) is 13.1 Å². The van der Waals surface area contributed by atoms with Crippen LogP contribution in [0, 0.1) is 28.6 Å². The molecule has 5 atom stereocenters. The Hall–Kier alpha value is -4.61. The third-order valence-electron chi connectivity index (χ3n) is 11.9. The molecule has 2 saturated carbocycles. The lowest BCUT2D eigenvalue weighted by Gasteiger charge is -2.42. The van der Waals surface area contributed by atoms with Gasteiger partial charge in [0.2, 0.25) is 23.5 Å². The van der Waals surface area contributed by atoms with E-state index in [0.29, 0.717) is 24.9 Å². The number of benzene rings is 1. The molecule has 1 aliphatic heterocycles. The van der Waals surface area contributed by atoms with E-state index >= 15 is 0 Å². The van der Waals surface area contributed by atoms with Crippen LogP contribution in [0.25, 0.3) is 10.9 Å². The number of carbonyl (C=O) groups excluding carboxylic acids is 6. The zero-order valence-corrected chi connectivity index (χ0v) is 33.4. The molecule has 1 unspecified atom stereocenters. The molecular weight excluding hydrogens is 697 g/mol. The van der Waals surface area contributed by atoms with Gasteiger partial charge in [-0.25, -0.2) is 0 Å². The highest BCUT2D eigenvalue weighted by atomic mass is 16.2. The Morgan fingerprint density at radius 3 is 2.33 bits per heavy atom.